The first-order chi connectivity index (χ1) is 9.23. The van der Waals surface area contributed by atoms with Crippen LogP contribution in [0.2, 0.25) is 10.0 Å². The third kappa shape index (κ3) is 3.03. The van der Waals surface area contributed by atoms with Crippen molar-refractivity contribution in [1.29, 1.82) is 0 Å². The number of imidazole rings is 1. The van der Waals surface area contributed by atoms with Gasteiger partial charge in [0.2, 0.25) is 0 Å². The molecule has 0 fully saturated rings. The molecule has 0 saturated carbocycles. The zero-order valence-corrected chi connectivity index (χ0v) is 13.5. The van der Waals surface area contributed by atoms with Crippen LogP contribution < -0.4 is 0 Å². The first kappa shape index (κ1) is 15.4. The smallest absolute Gasteiger partial charge is 0.420 e. The lowest BCUT2D eigenvalue weighted by Gasteiger charge is -2.20. The van der Waals surface area contributed by atoms with Gasteiger partial charge in [0.25, 0.3) is 0 Å². The summed E-state index contributed by atoms with van der Waals surface area (Å²) in [5, 5.41) is 0.708. The molecule has 2 aromatic rings. The number of nitrogens with zero attached hydrogens (tertiary/aromatic N) is 2. The number of carbonyl (C=O) groups excluding carboxylic acids is 1. The van der Waals surface area contributed by atoms with Crippen LogP contribution >= 0.6 is 34.8 Å². The minimum absolute atomic E-state index is 0.0726. The molecule has 2 rings (SSSR count). The van der Waals surface area contributed by atoms with E-state index in [9.17, 15) is 4.79 Å². The van der Waals surface area contributed by atoms with Crippen LogP contribution in [0, 0.1) is 0 Å². The third-order valence-corrected chi connectivity index (χ3v) is 3.42. The number of hydrogen-bond donors (Lipinski definition) is 0. The van der Waals surface area contributed by atoms with Crippen molar-refractivity contribution in [1.82, 2.24) is 9.55 Å². The van der Waals surface area contributed by atoms with Gasteiger partial charge in [-0.3, -0.25) is 0 Å². The Morgan fingerprint density at radius 3 is 2.45 bits per heavy atom. The molecule has 0 saturated heterocycles. The number of carbonyl (C=O) groups is 1. The van der Waals surface area contributed by atoms with Crippen molar-refractivity contribution in [3.8, 4) is 0 Å². The van der Waals surface area contributed by atoms with Gasteiger partial charge in [0.15, 0.2) is 0 Å². The molecular formula is C13H13Cl3N2O2. The lowest BCUT2D eigenvalue weighted by Crippen LogP contribution is -2.28. The number of halogens is 3. The van der Waals surface area contributed by atoms with Crippen LogP contribution in [0.3, 0.4) is 0 Å². The molecule has 0 atom stereocenters. The van der Waals surface area contributed by atoms with E-state index in [-0.39, 0.29) is 5.88 Å². The van der Waals surface area contributed by atoms with Crippen molar-refractivity contribution >= 4 is 51.9 Å². The molecule has 108 valence electrons. The van der Waals surface area contributed by atoms with Gasteiger partial charge in [0, 0.05) is 0 Å². The number of hydrogen-bond acceptors (Lipinski definition) is 3. The summed E-state index contributed by atoms with van der Waals surface area (Å²) in [6.45, 7) is 5.36. The summed E-state index contributed by atoms with van der Waals surface area (Å²) in [4.78, 5) is 16.5. The molecule has 1 heterocycles. The number of rotatable bonds is 1. The highest BCUT2D eigenvalue weighted by atomic mass is 35.5. The number of ether oxygens (including phenoxy) is 1. The highest BCUT2D eigenvalue weighted by molar-refractivity contribution is 6.42. The quantitative estimate of drug-likeness (QED) is 0.699. The van der Waals surface area contributed by atoms with Crippen LogP contribution in [0.15, 0.2) is 12.1 Å². The van der Waals surface area contributed by atoms with Gasteiger partial charge in [0.05, 0.1) is 27.0 Å². The molecule has 0 amide bonds. The van der Waals surface area contributed by atoms with E-state index in [1.54, 1.807) is 32.9 Å². The maximum Gasteiger partial charge on any atom is 0.420 e. The van der Waals surface area contributed by atoms with Crippen molar-refractivity contribution in [3.63, 3.8) is 0 Å². The SMILES string of the molecule is CC(C)(C)OC(=O)n1c(CCl)nc2cc(Cl)c(Cl)cc21. The molecule has 4 nitrogen and oxygen atoms in total. The minimum atomic E-state index is -0.618. The number of benzene rings is 1. The van der Waals surface area contributed by atoms with Gasteiger partial charge in [-0.25, -0.2) is 14.3 Å². The second-order valence-corrected chi connectivity index (χ2v) is 6.31. The summed E-state index contributed by atoms with van der Waals surface area (Å²) < 4.78 is 6.67. The van der Waals surface area contributed by atoms with Crippen LogP contribution in [0.5, 0.6) is 0 Å². The summed E-state index contributed by atoms with van der Waals surface area (Å²) in [6.07, 6.45) is -0.547. The Bertz CT molecular complexity index is 674. The van der Waals surface area contributed by atoms with E-state index in [0.717, 1.165) is 0 Å². The van der Waals surface area contributed by atoms with E-state index in [2.05, 4.69) is 4.98 Å². The van der Waals surface area contributed by atoms with Crippen LogP contribution in [-0.4, -0.2) is 21.2 Å². The summed E-state index contributed by atoms with van der Waals surface area (Å²) in [6, 6.07) is 3.17. The molecule has 0 radical (unpaired) electrons. The van der Waals surface area contributed by atoms with Crippen LogP contribution in [0.1, 0.15) is 26.6 Å². The van der Waals surface area contributed by atoms with Crippen molar-refractivity contribution < 1.29 is 9.53 Å². The summed E-state index contributed by atoms with van der Waals surface area (Å²) in [5.74, 6) is 0.456. The molecule has 0 unspecified atom stereocenters. The number of alkyl halides is 1. The molecule has 0 bridgehead atoms. The van der Waals surface area contributed by atoms with Gasteiger partial charge in [-0.15, -0.1) is 11.6 Å². The van der Waals surface area contributed by atoms with E-state index >= 15 is 0 Å². The molecule has 1 aromatic heterocycles. The predicted octanol–water partition coefficient (Wildman–Crippen LogP) is 4.87. The van der Waals surface area contributed by atoms with Gasteiger partial charge < -0.3 is 4.74 Å². The maximum atomic E-state index is 12.3. The topological polar surface area (TPSA) is 44.1 Å². The predicted molar refractivity (Wildman–Crippen MR) is 80.9 cm³/mol. The second kappa shape index (κ2) is 5.43. The first-order valence-electron chi connectivity index (χ1n) is 5.88. The van der Waals surface area contributed by atoms with E-state index < -0.39 is 11.7 Å². The zero-order valence-electron chi connectivity index (χ0n) is 11.2. The Balaban J connectivity index is 2.61. The Morgan fingerprint density at radius 1 is 1.30 bits per heavy atom. The Kier molecular flexibility index (Phi) is 4.19. The van der Waals surface area contributed by atoms with Gasteiger partial charge >= 0.3 is 6.09 Å². The molecule has 0 N–H and O–H groups in total. The third-order valence-electron chi connectivity index (χ3n) is 2.46. The van der Waals surface area contributed by atoms with Crippen LogP contribution in [0.4, 0.5) is 4.79 Å². The summed E-state index contributed by atoms with van der Waals surface area (Å²) in [7, 11) is 0. The normalized spacial score (nSPS) is 11.9. The molecular weight excluding hydrogens is 323 g/mol. The minimum Gasteiger partial charge on any atom is -0.443 e. The molecule has 0 aliphatic carbocycles. The number of aromatic nitrogens is 2. The lowest BCUT2D eigenvalue weighted by atomic mass is 10.2. The standard InChI is InChI=1S/C13H13Cl3N2O2/c1-13(2,3)20-12(19)18-10-5-8(16)7(15)4-9(10)17-11(18)6-14/h4-5H,6H2,1-3H3. The highest BCUT2D eigenvalue weighted by Crippen LogP contribution is 2.29. The van der Waals surface area contributed by atoms with Crippen LogP contribution in [0.25, 0.3) is 11.0 Å². The largest absolute Gasteiger partial charge is 0.443 e. The maximum absolute atomic E-state index is 12.3. The van der Waals surface area contributed by atoms with E-state index in [0.29, 0.717) is 26.9 Å². The molecule has 0 aliphatic rings. The monoisotopic (exact) mass is 334 g/mol. The number of fused-ring (bicyclic) bond motifs is 1. The Hall–Kier alpha value is -0.970. The highest BCUT2D eigenvalue weighted by Gasteiger charge is 2.23. The van der Waals surface area contributed by atoms with Crippen LogP contribution in [-0.2, 0) is 10.6 Å². The van der Waals surface area contributed by atoms with Gasteiger partial charge in [-0.2, -0.15) is 0 Å². The average Bonchev–Trinajstić information content (AvgIpc) is 2.65. The van der Waals surface area contributed by atoms with Gasteiger partial charge in [-0.1, -0.05) is 23.2 Å². The van der Waals surface area contributed by atoms with Crippen molar-refractivity contribution in [2.24, 2.45) is 0 Å². The van der Waals surface area contributed by atoms with Gasteiger partial charge in [-0.05, 0) is 32.9 Å². The Morgan fingerprint density at radius 2 is 1.90 bits per heavy atom. The van der Waals surface area contributed by atoms with E-state index in [1.807, 2.05) is 0 Å². The molecule has 20 heavy (non-hydrogen) atoms. The van der Waals surface area contributed by atoms with Crippen molar-refractivity contribution in [2.75, 3.05) is 0 Å². The van der Waals surface area contributed by atoms with Gasteiger partial charge in [0.1, 0.15) is 11.4 Å². The second-order valence-electron chi connectivity index (χ2n) is 5.23. The molecule has 0 spiro atoms. The molecule has 0 aliphatic heterocycles. The fraction of sp³-hybridized carbons (Fsp3) is 0.385. The average molecular weight is 336 g/mol. The fourth-order valence-corrected chi connectivity index (χ4v) is 2.22. The lowest BCUT2D eigenvalue weighted by molar-refractivity contribution is 0.0540. The summed E-state index contributed by atoms with van der Waals surface area (Å²) >= 11 is 17.8. The first-order valence-corrected chi connectivity index (χ1v) is 7.17. The molecule has 7 heteroatoms. The van der Waals surface area contributed by atoms with Crippen molar-refractivity contribution in [2.45, 2.75) is 32.3 Å². The zero-order chi connectivity index (χ0) is 15.1. The molecule has 1 aromatic carbocycles. The van der Waals surface area contributed by atoms with E-state index in [1.165, 1.54) is 4.57 Å². The van der Waals surface area contributed by atoms with E-state index in [4.69, 9.17) is 39.5 Å². The Labute approximate surface area is 131 Å². The van der Waals surface area contributed by atoms with Crippen molar-refractivity contribution in [3.05, 3.63) is 28.0 Å². The summed E-state index contributed by atoms with van der Waals surface area (Å²) in [5.41, 5.74) is 0.443. The fourth-order valence-electron chi connectivity index (χ4n) is 1.72.